The largest absolute Gasteiger partial charge is 0.328 e. The molecule has 0 unspecified atom stereocenters. The fraction of sp³-hybridized carbons (Fsp3) is 0.308. The van der Waals surface area contributed by atoms with Crippen LogP contribution in [0.1, 0.15) is 45.8 Å². The van der Waals surface area contributed by atoms with E-state index in [9.17, 15) is 18.8 Å². The lowest BCUT2D eigenvalue weighted by Crippen LogP contribution is -2.42. The Morgan fingerprint density at radius 2 is 1.86 bits per heavy atom. The highest BCUT2D eigenvalue weighted by Gasteiger charge is 2.40. The molecule has 0 saturated carbocycles. The van der Waals surface area contributed by atoms with E-state index in [0.717, 1.165) is 0 Å². The number of aromatic nitrogens is 6. The average Bonchev–Trinajstić information content (AvgIpc) is 3.45. The van der Waals surface area contributed by atoms with Crippen LogP contribution in [0.25, 0.3) is 22.2 Å². The van der Waals surface area contributed by atoms with Crippen molar-refractivity contribution in [2.75, 3.05) is 6.54 Å². The molecule has 1 fully saturated rings. The molecule has 4 aromatic heterocycles. The van der Waals surface area contributed by atoms with Crippen LogP contribution < -0.4 is 0 Å². The normalized spacial score (nSPS) is 17.4. The maximum Gasteiger partial charge on any atom is 0.245 e. The smallest absolute Gasteiger partial charge is 0.245 e. The van der Waals surface area contributed by atoms with E-state index < -0.39 is 23.9 Å². The summed E-state index contributed by atoms with van der Waals surface area (Å²) in [6, 6.07) is 5.65. The van der Waals surface area contributed by atoms with Crippen molar-refractivity contribution < 1.29 is 18.8 Å². The minimum Gasteiger partial charge on any atom is -0.328 e. The Labute approximate surface area is 211 Å². The molecule has 2 atom stereocenters. The second kappa shape index (κ2) is 9.57. The maximum absolute atomic E-state index is 14.4. The molecule has 5 heterocycles. The van der Waals surface area contributed by atoms with Crippen molar-refractivity contribution in [1.29, 1.82) is 0 Å². The van der Waals surface area contributed by atoms with E-state index >= 15 is 0 Å². The van der Waals surface area contributed by atoms with Gasteiger partial charge < -0.3 is 4.90 Å². The summed E-state index contributed by atoms with van der Waals surface area (Å²) in [7, 11) is 0. The number of hydrogen-bond donors (Lipinski definition) is 0. The summed E-state index contributed by atoms with van der Waals surface area (Å²) in [5.41, 5.74) is 2.67. The molecule has 10 nitrogen and oxygen atoms in total. The Bertz CT molecular complexity index is 1520. The lowest BCUT2D eigenvalue weighted by Gasteiger charge is -2.23. The quantitative estimate of drug-likeness (QED) is 0.370. The van der Waals surface area contributed by atoms with Crippen LogP contribution in [0.3, 0.4) is 0 Å². The number of alkyl halides is 1. The zero-order valence-electron chi connectivity index (χ0n) is 20.6. The number of carbonyl (C=O) groups is 3. The molecule has 0 aliphatic carbocycles. The van der Waals surface area contributed by atoms with Gasteiger partial charge in [0.25, 0.3) is 0 Å². The van der Waals surface area contributed by atoms with Crippen LogP contribution in [0, 0.1) is 13.8 Å². The SMILES string of the molecule is CC(=O)c1nn(CC(=O)N2C[C@H](F)C[C@H]2C(=O)c2ccccn2)c2c(C)nc(-c3cnc(C)nc3)cc12. The highest BCUT2D eigenvalue weighted by atomic mass is 19.1. The molecule has 5 rings (SSSR count). The van der Waals surface area contributed by atoms with Crippen LogP contribution in [0.15, 0.2) is 42.9 Å². The van der Waals surface area contributed by atoms with Gasteiger partial charge in [-0.25, -0.2) is 14.4 Å². The van der Waals surface area contributed by atoms with Gasteiger partial charge in [-0.2, -0.15) is 5.10 Å². The van der Waals surface area contributed by atoms with Gasteiger partial charge in [0.2, 0.25) is 11.7 Å². The summed E-state index contributed by atoms with van der Waals surface area (Å²) in [6.07, 6.45) is 3.36. The van der Waals surface area contributed by atoms with Crippen LogP contribution in [0.4, 0.5) is 4.39 Å². The number of halogens is 1. The third-order valence-electron chi connectivity index (χ3n) is 6.39. The molecule has 37 heavy (non-hydrogen) atoms. The van der Waals surface area contributed by atoms with Crippen molar-refractivity contribution in [2.45, 2.75) is 46.0 Å². The van der Waals surface area contributed by atoms with Gasteiger partial charge in [0.1, 0.15) is 29.9 Å². The first kappa shape index (κ1) is 24.3. The zero-order valence-corrected chi connectivity index (χ0v) is 20.6. The number of aryl methyl sites for hydroxylation is 2. The number of Topliss-reactive ketones (excluding diaryl/α,β-unsaturated/α-hetero) is 2. The highest BCUT2D eigenvalue weighted by molar-refractivity contribution is 6.06. The van der Waals surface area contributed by atoms with Crippen molar-refractivity contribution in [3.8, 4) is 11.3 Å². The van der Waals surface area contributed by atoms with E-state index in [4.69, 9.17) is 0 Å². The van der Waals surface area contributed by atoms with Gasteiger partial charge >= 0.3 is 0 Å². The van der Waals surface area contributed by atoms with Gasteiger partial charge in [0, 0.05) is 42.9 Å². The number of amides is 1. The van der Waals surface area contributed by atoms with Crippen LogP contribution in [0.2, 0.25) is 0 Å². The third-order valence-corrected chi connectivity index (χ3v) is 6.39. The van der Waals surface area contributed by atoms with Crippen molar-refractivity contribution >= 4 is 28.4 Å². The Morgan fingerprint density at radius 1 is 1.11 bits per heavy atom. The number of carbonyl (C=O) groups excluding carboxylic acids is 3. The summed E-state index contributed by atoms with van der Waals surface area (Å²) < 4.78 is 15.8. The average molecular weight is 502 g/mol. The van der Waals surface area contributed by atoms with Crippen molar-refractivity contribution in [2.24, 2.45) is 0 Å². The van der Waals surface area contributed by atoms with Gasteiger partial charge in [0.15, 0.2) is 5.78 Å². The van der Waals surface area contributed by atoms with E-state index in [1.54, 1.807) is 50.5 Å². The topological polar surface area (TPSA) is 124 Å². The lowest BCUT2D eigenvalue weighted by molar-refractivity contribution is -0.132. The zero-order chi connectivity index (χ0) is 26.3. The minimum absolute atomic E-state index is 0.0950. The van der Waals surface area contributed by atoms with E-state index in [1.807, 2.05) is 0 Å². The Hall–Kier alpha value is -4.41. The van der Waals surface area contributed by atoms with Crippen LogP contribution >= 0.6 is 0 Å². The molecule has 11 heteroatoms. The van der Waals surface area contributed by atoms with E-state index in [1.165, 1.54) is 22.7 Å². The molecule has 1 saturated heterocycles. The molecule has 4 aromatic rings. The van der Waals surface area contributed by atoms with E-state index in [0.29, 0.717) is 33.7 Å². The first-order valence-corrected chi connectivity index (χ1v) is 11.8. The predicted octanol–water partition coefficient (Wildman–Crippen LogP) is 2.92. The number of rotatable bonds is 6. The summed E-state index contributed by atoms with van der Waals surface area (Å²) in [5, 5.41) is 4.95. The Kier molecular flexibility index (Phi) is 6.28. The molecule has 0 spiro atoms. The fourth-order valence-corrected chi connectivity index (χ4v) is 4.65. The molecule has 0 radical (unpaired) electrons. The predicted molar refractivity (Wildman–Crippen MR) is 132 cm³/mol. The summed E-state index contributed by atoms with van der Waals surface area (Å²) in [6.45, 7) is 4.45. The summed E-state index contributed by atoms with van der Waals surface area (Å²) in [4.78, 5) is 57.2. The van der Waals surface area contributed by atoms with Crippen molar-refractivity contribution in [1.82, 2.24) is 34.6 Å². The van der Waals surface area contributed by atoms with Gasteiger partial charge in [-0.05, 0) is 32.0 Å². The number of hydrogen-bond acceptors (Lipinski definition) is 8. The van der Waals surface area contributed by atoms with Crippen LogP contribution in [-0.4, -0.2) is 70.8 Å². The van der Waals surface area contributed by atoms with Crippen LogP contribution in [0.5, 0.6) is 0 Å². The molecule has 0 bridgehead atoms. The van der Waals surface area contributed by atoms with Gasteiger partial charge in [-0.1, -0.05) is 6.07 Å². The highest BCUT2D eigenvalue weighted by Crippen LogP contribution is 2.28. The number of likely N-dealkylation sites (tertiary alicyclic amines) is 1. The van der Waals surface area contributed by atoms with Crippen molar-refractivity contribution in [3.05, 3.63) is 65.8 Å². The minimum atomic E-state index is -1.33. The third kappa shape index (κ3) is 4.59. The van der Waals surface area contributed by atoms with Gasteiger partial charge in [0.05, 0.1) is 29.5 Å². The summed E-state index contributed by atoms with van der Waals surface area (Å²) >= 11 is 0. The monoisotopic (exact) mass is 501 g/mol. The Balaban J connectivity index is 1.50. The molecule has 0 aromatic carbocycles. The van der Waals surface area contributed by atoms with E-state index in [2.05, 4.69) is 25.0 Å². The number of pyridine rings is 2. The molecule has 1 aliphatic rings. The first-order chi connectivity index (χ1) is 17.7. The molecular weight excluding hydrogens is 477 g/mol. The standard InChI is InChI=1S/C26H24FN7O3/c1-14-25-19(9-21(31-14)17-10-29-16(3)30-11-17)24(15(2)35)32-34(25)13-23(36)33-12-18(27)8-22(33)26(37)20-6-4-5-7-28-20/h4-7,9-11,18,22H,8,12-13H2,1-3H3/t18-,22+/m1/s1. The van der Waals surface area contributed by atoms with E-state index in [-0.39, 0.29) is 36.7 Å². The number of nitrogens with zero attached hydrogens (tertiary/aromatic N) is 7. The lowest BCUT2D eigenvalue weighted by atomic mass is 10.1. The van der Waals surface area contributed by atoms with Crippen LogP contribution in [-0.2, 0) is 11.3 Å². The van der Waals surface area contributed by atoms with Gasteiger partial charge in [-0.15, -0.1) is 0 Å². The molecule has 1 aliphatic heterocycles. The van der Waals surface area contributed by atoms with Crippen molar-refractivity contribution in [3.63, 3.8) is 0 Å². The Morgan fingerprint density at radius 3 is 2.54 bits per heavy atom. The second-order valence-electron chi connectivity index (χ2n) is 9.04. The molecular formula is C26H24FN7O3. The van der Waals surface area contributed by atoms with Gasteiger partial charge in [-0.3, -0.25) is 29.0 Å². The second-order valence-corrected chi connectivity index (χ2v) is 9.04. The maximum atomic E-state index is 14.4. The molecule has 1 amide bonds. The molecule has 0 N–H and O–H groups in total. The molecule has 188 valence electrons. The number of ketones is 2. The number of fused-ring (bicyclic) bond motifs is 1. The fourth-order valence-electron chi connectivity index (χ4n) is 4.65. The first-order valence-electron chi connectivity index (χ1n) is 11.8. The summed E-state index contributed by atoms with van der Waals surface area (Å²) in [5.74, 6) is -0.549.